The number of aliphatic hydroxyl groups excluding tert-OH is 1. The SMILES string of the molecule is OB(O)c1cccc(NC(O)=C2C=CC=C2)c1. The predicted molar refractivity (Wildman–Crippen MR) is 67.8 cm³/mol. The van der Waals surface area contributed by atoms with Gasteiger partial charge in [-0.3, -0.25) is 0 Å². The Morgan fingerprint density at radius 3 is 2.47 bits per heavy atom. The minimum Gasteiger partial charge on any atom is -0.494 e. The normalized spacial score (nSPS) is 12.9. The summed E-state index contributed by atoms with van der Waals surface area (Å²) in [5.74, 6) is 0.0274. The molecule has 1 aromatic carbocycles. The molecule has 4 nitrogen and oxygen atoms in total. The summed E-state index contributed by atoms with van der Waals surface area (Å²) in [7, 11) is -1.52. The van der Waals surface area contributed by atoms with E-state index in [0.29, 0.717) is 16.7 Å². The second kappa shape index (κ2) is 4.90. The van der Waals surface area contributed by atoms with Gasteiger partial charge in [-0.1, -0.05) is 24.3 Å². The number of anilines is 1. The predicted octanol–water partition coefficient (Wildman–Crippen LogP) is 0.674. The van der Waals surface area contributed by atoms with E-state index < -0.39 is 7.12 Å². The monoisotopic (exact) mass is 229 g/mol. The molecule has 0 saturated carbocycles. The standard InChI is InChI=1S/C12H12BNO3/c15-12(9-4-1-2-5-9)14-11-7-3-6-10(8-11)13(16)17/h1-8,14-17H. The minimum atomic E-state index is -1.52. The fourth-order valence-corrected chi connectivity index (χ4v) is 1.52. The molecule has 2 rings (SSSR count). The maximum atomic E-state index is 9.77. The minimum absolute atomic E-state index is 0.0274. The van der Waals surface area contributed by atoms with Crippen molar-refractivity contribution < 1.29 is 15.2 Å². The van der Waals surface area contributed by atoms with Gasteiger partial charge in [-0.25, -0.2) is 0 Å². The van der Waals surface area contributed by atoms with Crippen LogP contribution < -0.4 is 10.8 Å². The molecule has 0 fully saturated rings. The molecule has 4 N–H and O–H groups in total. The average Bonchev–Trinajstić information content (AvgIpc) is 2.82. The quantitative estimate of drug-likeness (QED) is 0.454. The zero-order valence-corrected chi connectivity index (χ0v) is 9.04. The summed E-state index contributed by atoms with van der Waals surface area (Å²) in [5.41, 5.74) is 1.64. The van der Waals surface area contributed by atoms with E-state index in [1.165, 1.54) is 0 Å². The zero-order chi connectivity index (χ0) is 12.3. The molecule has 0 amide bonds. The number of rotatable bonds is 3. The molecule has 5 heteroatoms. The number of hydrogen-bond donors (Lipinski definition) is 4. The lowest BCUT2D eigenvalue weighted by Crippen LogP contribution is -2.29. The first-order valence-corrected chi connectivity index (χ1v) is 5.18. The summed E-state index contributed by atoms with van der Waals surface area (Å²) in [6, 6.07) is 6.56. The van der Waals surface area contributed by atoms with Crippen LogP contribution in [0.15, 0.2) is 60.0 Å². The third kappa shape index (κ3) is 2.78. The lowest BCUT2D eigenvalue weighted by molar-refractivity contribution is 0.416. The van der Waals surface area contributed by atoms with Crippen LogP contribution in [-0.2, 0) is 0 Å². The van der Waals surface area contributed by atoms with Crippen molar-refractivity contribution in [3.8, 4) is 0 Å². The van der Waals surface area contributed by atoms with E-state index in [4.69, 9.17) is 10.0 Å². The van der Waals surface area contributed by atoms with Crippen molar-refractivity contribution in [2.24, 2.45) is 0 Å². The molecule has 0 atom stereocenters. The molecule has 0 aromatic heterocycles. The number of aliphatic hydroxyl groups is 1. The Bertz CT molecular complexity index is 492. The van der Waals surface area contributed by atoms with Crippen LogP contribution >= 0.6 is 0 Å². The fourth-order valence-electron chi connectivity index (χ4n) is 1.52. The molecule has 0 unspecified atom stereocenters. The molecule has 0 bridgehead atoms. The van der Waals surface area contributed by atoms with Crippen LogP contribution in [0.5, 0.6) is 0 Å². The Kier molecular flexibility index (Phi) is 3.32. The van der Waals surface area contributed by atoms with Crippen LogP contribution in [0.4, 0.5) is 5.69 Å². The first-order valence-electron chi connectivity index (χ1n) is 5.18. The zero-order valence-electron chi connectivity index (χ0n) is 9.04. The number of allylic oxidation sites excluding steroid dienone is 5. The number of benzene rings is 1. The highest BCUT2D eigenvalue weighted by molar-refractivity contribution is 6.58. The van der Waals surface area contributed by atoms with E-state index >= 15 is 0 Å². The van der Waals surface area contributed by atoms with Gasteiger partial charge < -0.3 is 20.5 Å². The van der Waals surface area contributed by atoms with Gasteiger partial charge in [0, 0.05) is 11.3 Å². The second-order valence-corrected chi connectivity index (χ2v) is 3.65. The van der Waals surface area contributed by atoms with E-state index in [1.807, 2.05) is 12.2 Å². The molecule has 17 heavy (non-hydrogen) atoms. The molecule has 1 aliphatic carbocycles. The highest BCUT2D eigenvalue weighted by atomic mass is 16.4. The molecule has 1 aromatic rings. The smallest absolute Gasteiger partial charge is 0.488 e. The van der Waals surface area contributed by atoms with Gasteiger partial charge in [0.2, 0.25) is 0 Å². The van der Waals surface area contributed by atoms with Crippen LogP contribution in [0, 0.1) is 0 Å². The van der Waals surface area contributed by atoms with Crippen molar-refractivity contribution in [1.29, 1.82) is 0 Å². The van der Waals surface area contributed by atoms with Crippen molar-refractivity contribution in [2.75, 3.05) is 5.32 Å². The largest absolute Gasteiger partial charge is 0.494 e. The molecule has 1 aliphatic rings. The van der Waals surface area contributed by atoms with Crippen molar-refractivity contribution in [3.63, 3.8) is 0 Å². The molecule has 0 heterocycles. The second-order valence-electron chi connectivity index (χ2n) is 3.65. The Balaban J connectivity index is 2.19. The van der Waals surface area contributed by atoms with Gasteiger partial charge in [0.1, 0.15) is 0 Å². The van der Waals surface area contributed by atoms with Crippen LogP contribution in [0.1, 0.15) is 0 Å². The van der Waals surface area contributed by atoms with Crippen molar-refractivity contribution in [3.05, 3.63) is 60.0 Å². The Labute approximate surface area is 99.4 Å². The van der Waals surface area contributed by atoms with E-state index in [0.717, 1.165) is 0 Å². The third-order valence-corrected chi connectivity index (χ3v) is 2.38. The number of hydrogen-bond acceptors (Lipinski definition) is 4. The highest BCUT2D eigenvalue weighted by Crippen LogP contribution is 2.14. The summed E-state index contributed by atoms with van der Waals surface area (Å²) < 4.78 is 0. The van der Waals surface area contributed by atoms with E-state index in [2.05, 4.69) is 5.32 Å². The topological polar surface area (TPSA) is 72.7 Å². The van der Waals surface area contributed by atoms with Crippen LogP contribution in [0.3, 0.4) is 0 Å². The third-order valence-electron chi connectivity index (χ3n) is 2.38. The average molecular weight is 229 g/mol. The highest BCUT2D eigenvalue weighted by Gasteiger charge is 2.11. The lowest BCUT2D eigenvalue weighted by atomic mass is 9.80. The molecule has 0 aliphatic heterocycles. The van der Waals surface area contributed by atoms with Crippen molar-refractivity contribution in [1.82, 2.24) is 0 Å². The van der Waals surface area contributed by atoms with E-state index in [1.54, 1.807) is 36.4 Å². The van der Waals surface area contributed by atoms with Crippen molar-refractivity contribution >= 4 is 18.3 Å². The summed E-state index contributed by atoms with van der Waals surface area (Å²) in [6.45, 7) is 0. The molecular formula is C12H12BNO3. The summed E-state index contributed by atoms with van der Waals surface area (Å²) >= 11 is 0. The fraction of sp³-hybridized carbons (Fsp3) is 0. The van der Waals surface area contributed by atoms with Crippen molar-refractivity contribution in [2.45, 2.75) is 0 Å². The maximum absolute atomic E-state index is 9.77. The van der Waals surface area contributed by atoms with Gasteiger partial charge in [0.15, 0.2) is 5.88 Å². The first-order chi connectivity index (χ1) is 8.16. The van der Waals surface area contributed by atoms with E-state index in [9.17, 15) is 5.11 Å². The van der Waals surface area contributed by atoms with Crippen LogP contribution in [-0.4, -0.2) is 22.3 Å². The van der Waals surface area contributed by atoms with Crippen LogP contribution in [0.25, 0.3) is 0 Å². The molecular weight excluding hydrogens is 217 g/mol. The van der Waals surface area contributed by atoms with Gasteiger partial charge in [-0.2, -0.15) is 0 Å². The van der Waals surface area contributed by atoms with Gasteiger partial charge >= 0.3 is 7.12 Å². The van der Waals surface area contributed by atoms with E-state index in [-0.39, 0.29) is 5.88 Å². The Morgan fingerprint density at radius 1 is 1.12 bits per heavy atom. The summed E-state index contributed by atoms with van der Waals surface area (Å²) in [4.78, 5) is 0. The number of nitrogens with one attached hydrogen (secondary N) is 1. The van der Waals surface area contributed by atoms with Gasteiger partial charge in [0.25, 0.3) is 0 Å². The molecule has 0 radical (unpaired) electrons. The van der Waals surface area contributed by atoms with Gasteiger partial charge in [-0.05, 0) is 29.7 Å². The molecule has 86 valence electrons. The molecule has 0 saturated heterocycles. The summed E-state index contributed by atoms with van der Waals surface area (Å²) in [6.07, 6.45) is 7.18. The Morgan fingerprint density at radius 2 is 1.82 bits per heavy atom. The first kappa shape index (κ1) is 11.5. The van der Waals surface area contributed by atoms with Gasteiger partial charge in [-0.15, -0.1) is 0 Å². The molecule has 0 spiro atoms. The maximum Gasteiger partial charge on any atom is 0.488 e. The lowest BCUT2D eigenvalue weighted by Gasteiger charge is -2.08. The van der Waals surface area contributed by atoms with Crippen LogP contribution in [0.2, 0.25) is 0 Å². The van der Waals surface area contributed by atoms with Gasteiger partial charge in [0.05, 0.1) is 0 Å². The summed E-state index contributed by atoms with van der Waals surface area (Å²) in [5, 5.41) is 30.6. The Hall–Kier alpha value is -1.98.